The van der Waals surface area contributed by atoms with Gasteiger partial charge in [0.2, 0.25) is 0 Å². The molecule has 1 fully saturated rings. The highest BCUT2D eigenvalue weighted by Gasteiger charge is 2.17. The molecular formula is C15H19N3O. The molecule has 0 atom stereocenters. The van der Waals surface area contributed by atoms with Crippen molar-refractivity contribution in [2.24, 2.45) is 5.92 Å². The standard InChI is InChI=1S/C15H19N3O/c19-15(16-10-11-6-2-1-3-7-11)14-12-8-4-5-9-13(12)17-18-14/h4-5,8-9,11H,1-3,6-7,10H2,(H,16,19)(H,17,18). The number of fused-ring (bicyclic) bond motifs is 1. The lowest BCUT2D eigenvalue weighted by Crippen LogP contribution is -2.30. The van der Waals surface area contributed by atoms with E-state index in [1.165, 1.54) is 32.1 Å². The molecule has 3 rings (SSSR count). The number of nitrogens with one attached hydrogen (secondary N) is 2. The number of benzene rings is 1. The zero-order chi connectivity index (χ0) is 13.1. The van der Waals surface area contributed by atoms with Crippen LogP contribution in [0.15, 0.2) is 24.3 Å². The van der Waals surface area contributed by atoms with Crippen molar-refractivity contribution in [3.05, 3.63) is 30.0 Å². The Kier molecular flexibility index (Phi) is 3.49. The normalized spacial score (nSPS) is 16.6. The summed E-state index contributed by atoms with van der Waals surface area (Å²) < 4.78 is 0. The first-order valence-electron chi connectivity index (χ1n) is 7.06. The van der Waals surface area contributed by atoms with Crippen LogP contribution in [-0.2, 0) is 0 Å². The summed E-state index contributed by atoms with van der Waals surface area (Å²) in [6.45, 7) is 0.778. The number of amides is 1. The third kappa shape index (κ3) is 2.62. The van der Waals surface area contributed by atoms with E-state index in [0.717, 1.165) is 17.4 Å². The number of aromatic nitrogens is 2. The number of aromatic amines is 1. The van der Waals surface area contributed by atoms with Gasteiger partial charge in [0, 0.05) is 11.9 Å². The number of para-hydroxylation sites is 1. The van der Waals surface area contributed by atoms with E-state index in [1.54, 1.807) is 0 Å². The molecule has 2 aromatic rings. The molecule has 0 aliphatic heterocycles. The minimum atomic E-state index is -0.0666. The van der Waals surface area contributed by atoms with Crippen molar-refractivity contribution in [1.82, 2.24) is 15.5 Å². The molecule has 0 bridgehead atoms. The third-order valence-corrected chi connectivity index (χ3v) is 3.96. The van der Waals surface area contributed by atoms with Gasteiger partial charge in [0.1, 0.15) is 0 Å². The molecule has 4 heteroatoms. The second-order valence-corrected chi connectivity index (χ2v) is 5.33. The van der Waals surface area contributed by atoms with Crippen LogP contribution < -0.4 is 5.32 Å². The van der Waals surface area contributed by atoms with Gasteiger partial charge >= 0.3 is 0 Å². The van der Waals surface area contributed by atoms with Gasteiger partial charge in [0.05, 0.1) is 5.52 Å². The van der Waals surface area contributed by atoms with Crippen LogP contribution in [-0.4, -0.2) is 22.6 Å². The van der Waals surface area contributed by atoms with Gasteiger partial charge in [-0.3, -0.25) is 9.89 Å². The summed E-state index contributed by atoms with van der Waals surface area (Å²) in [5.74, 6) is 0.575. The first-order valence-corrected chi connectivity index (χ1v) is 7.06. The Bertz CT molecular complexity index is 570. The number of carbonyl (C=O) groups is 1. The monoisotopic (exact) mass is 257 g/mol. The molecule has 19 heavy (non-hydrogen) atoms. The van der Waals surface area contributed by atoms with E-state index in [-0.39, 0.29) is 5.91 Å². The fourth-order valence-corrected chi connectivity index (χ4v) is 2.85. The fourth-order valence-electron chi connectivity index (χ4n) is 2.85. The lowest BCUT2D eigenvalue weighted by molar-refractivity contribution is 0.0940. The zero-order valence-corrected chi connectivity index (χ0v) is 11.0. The SMILES string of the molecule is O=C(NCC1CCCCC1)c1n[nH]c2ccccc12. The zero-order valence-electron chi connectivity index (χ0n) is 11.0. The van der Waals surface area contributed by atoms with E-state index < -0.39 is 0 Å². The number of hydrogen-bond donors (Lipinski definition) is 2. The van der Waals surface area contributed by atoms with Crippen molar-refractivity contribution in [3.8, 4) is 0 Å². The average Bonchev–Trinajstić information content (AvgIpc) is 2.90. The highest BCUT2D eigenvalue weighted by Crippen LogP contribution is 2.23. The lowest BCUT2D eigenvalue weighted by atomic mass is 9.89. The Hall–Kier alpha value is -1.84. The second-order valence-electron chi connectivity index (χ2n) is 5.33. The van der Waals surface area contributed by atoms with Crippen LogP contribution in [0.25, 0.3) is 10.9 Å². The molecule has 1 aromatic heterocycles. The third-order valence-electron chi connectivity index (χ3n) is 3.96. The van der Waals surface area contributed by atoms with E-state index in [9.17, 15) is 4.79 Å². The number of carbonyl (C=O) groups excluding carboxylic acids is 1. The van der Waals surface area contributed by atoms with Crippen molar-refractivity contribution in [2.75, 3.05) is 6.54 Å². The minimum Gasteiger partial charge on any atom is -0.350 e. The number of H-pyrrole nitrogens is 1. The van der Waals surface area contributed by atoms with E-state index in [4.69, 9.17) is 0 Å². The van der Waals surface area contributed by atoms with Crippen LogP contribution in [0.3, 0.4) is 0 Å². The first kappa shape index (κ1) is 12.2. The summed E-state index contributed by atoms with van der Waals surface area (Å²) in [5, 5.41) is 10.9. The van der Waals surface area contributed by atoms with Gasteiger partial charge in [-0.25, -0.2) is 0 Å². The van der Waals surface area contributed by atoms with Crippen LogP contribution in [0.4, 0.5) is 0 Å². The average molecular weight is 257 g/mol. The summed E-state index contributed by atoms with van der Waals surface area (Å²) >= 11 is 0. The molecule has 1 amide bonds. The maximum atomic E-state index is 12.2. The van der Waals surface area contributed by atoms with Gasteiger partial charge in [-0.1, -0.05) is 37.5 Å². The predicted octanol–water partition coefficient (Wildman–Crippen LogP) is 2.87. The van der Waals surface area contributed by atoms with Crippen molar-refractivity contribution in [2.45, 2.75) is 32.1 Å². The topological polar surface area (TPSA) is 57.8 Å². The summed E-state index contributed by atoms with van der Waals surface area (Å²) in [5.41, 5.74) is 1.41. The molecule has 1 saturated carbocycles. The van der Waals surface area contributed by atoms with E-state index in [1.807, 2.05) is 24.3 Å². The quantitative estimate of drug-likeness (QED) is 0.888. The van der Waals surface area contributed by atoms with Crippen LogP contribution >= 0.6 is 0 Å². The van der Waals surface area contributed by atoms with Gasteiger partial charge in [-0.05, 0) is 24.8 Å². The number of rotatable bonds is 3. The molecule has 1 aromatic carbocycles. The van der Waals surface area contributed by atoms with Crippen molar-refractivity contribution in [1.29, 1.82) is 0 Å². The van der Waals surface area contributed by atoms with Crippen LogP contribution in [0.1, 0.15) is 42.6 Å². The smallest absolute Gasteiger partial charge is 0.272 e. The van der Waals surface area contributed by atoms with Gasteiger partial charge in [0.15, 0.2) is 5.69 Å². The minimum absolute atomic E-state index is 0.0666. The van der Waals surface area contributed by atoms with Crippen LogP contribution in [0, 0.1) is 5.92 Å². The molecule has 0 radical (unpaired) electrons. The van der Waals surface area contributed by atoms with Crippen molar-refractivity contribution >= 4 is 16.8 Å². The summed E-state index contributed by atoms with van der Waals surface area (Å²) in [7, 11) is 0. The van der Waals surface area contributed by atoms with Crippen molar-refractivity contribution < 1.29 is 4.79 Å². The summed E-state index contributed by atoms with van der Waals surface area (Å²) in [6.07, 6.45) is 6.41. The van der Waals surface area contributed by atoms with Gasteiger partial charge in [-0.2, -0.15) is 5.10 Å². The Balaban J connectivity index is 1.66. The molecule has 0 spiro atoms. The number of hydrogen-bond acceptors (Lipinski definition) is 2. The Labute approximate surface area is 112 Å². The molecule has 0 unspecified atom stereocenters. The van der Waals surface area contributed by atoms with Gasteiger partial charge in [0.25, 0.3) is 5.91 Å². The molecule has 1 aliphatic rings. The Morgan fingerprint density at radius 3 is 2.89 bits per heavy atom. The molecule has 4 nitrogen and oxygen atoms in total. The Morgan fingerprint density at radius 1 is 1.26 bits per heavy atom. The predicted molar refractivity (Wildman–Crippen MR) is 75.0 cm³/mol. The Morgan fingerprint density at radius 2 is 2.05 bits per heavy atom. The maximum absolute atomic E-state index is 12.2. The first-order chi connectivity index (χ1) is 9.34. The molecule has 2 N–H and O–H groups in total. The van der Waals surface area contributed by atoms with Crippen molar-refractivity contribution in [3.63, 3.8) is 0 Å². The molecule has 1 heterocycles. The second kappa shape index (κ2) is 5.43. The summed E-state index contributed by atoms with van der Waals surface area (Å²) in [4.78, 5) is 12.2. The highest BCUT2D eigenvalue weighted by molar-refractivity contribution is 6.04. The maximum Gasteiger partial charge on any atom is 0.272 e. The molecular weight excluding hydrogens is 238 g/mol. The fraction of sp³-hybridized carbons (Fsp3) is 0.467. The molecule has 100 valence electrons. The summed E-state index contributed by atoms with van der Waals surface area (Å²) in [6, 6.07) is 7.72. The van der Waals surface area contributed by atoms with Crippen LogP contribution in [0.2, 0.25) is 0 Å². The van der Waals surface area contributed by atoms with Gasteiger partial charge < -0.3 is 5.32 Å². The molecule has 1 aliphatic carbocycles. The number of nitrogens with zero attached hydrogens (tertiary/aromatic N) is 1. The van der Waals surface area contributed by atoms with E-state index >= 15 is 0 Å². The van der Waals surface area contributed by atoms with Crippen LogP contribution in [0.5, 0.6) is 0 Å². The molecule has 0 saturated heterocycles. The lowest BCUT2D eigenvalue weighted by Gasteiger charge is -2.21. The largest absolute Gasteiger partial charge is 0.350 e. The van der Waals surface area contributed by atoms with E-state index in [2.05, 4.69) is 15.5 Å². The highest BCUT2D eigenvalue weighted by atomic mass is 16.1. The van der Waals surface area contributed by atoms with Gasteiger partial charge in [-0.15, -0.1) is 0 Å². The van der Waals surface area contributed by atoms with E-state index in [0.29, 0.717) is 11.6 Å².